The number of imide groups is 1. The average Bonchev–Trinajstić information content (AvgIpc) is 3.25. The minimum absolute atomic E-state index is 0.0268. The van der Waals surface area contributed by atoms with Crippen molar-refractivity contribution in [1.29, 1.82) is 0 Å². The minimum atomic E-state index is -0.711. The van der Waals surface area contributed by atoms with Gasteiger partial charge in [0, 0.05) is 32.0 Å². The van der Waals surface area contributed by atoms with Gasteiger partial charge in [-0.3, -0.25) is 24.7 Å². The number of carbonyl (C=O) groups excluding carboxylic acids is 3. The van der Waals surface area contributed by atoms with Crippen LogP contribution in [0, 0.1) is 0 Å². The Morgan fingerprint density at radius 3 is 2.59 bits per heavy atom. The van der Waals surface area contributed by atoms with Crippen LogP contribution < -0.4 is 10.2 Å². The molecule has 1 atom stereocenters. The van der Waals surface area contributed by atoms with Gasteiger partial charge in [0.05, 0.1) is 6.42 Å². The van der Waals surface area contributed by atoms with Crippen molar-refractivity contribution in [2.24, 2.45) is 0 Å². The van der Waals surface area contributed by atoms with E-state index in [-0.39, 0.29) is 24.3 Å². The molecule has 116 valence electrons. The molecule has 0 aromatic carbocycles. The van der Waals surface area contributed by atoms with Crippen molar-refractivity contribution >= 4 is 23.4 Å². The van der Waals surface area contributed by atoms with Gasteiger partial charge in [0.15, 0.2) is 0 Å². The molecular weight excluding hydrogens is 284 g/mol. The molecule has 1 saturated heterocycles. The van der Waals surface area contributed by atoms with Crippen LogP contribution in [0.4, 0.5) is 5.69 Å². The van der Waals surface area contributed by atoms with E-state index < -0.39 is 11.9 Å². The van der Waals surface area contributed by atoms with Crippen LogP contribution in [0.1, 0.15) is 29.8 Å². The maximum Gasteiger partial charge on any atom is 0.273 e. The van der Waals surface area contributed by atoms with E-state index in [9.17, 15) is 14.4 Å². The number of carbonyl (C=O) groups is 3. The first-order valence-corrected chi connectivity index (χ1v) is 7.27. The van der Waals surface area contributed by atoms with Gasteiger partial charge in [0.1, 0.15) is 11.7 Å². The Bertz CT molecular complexity index is 639. The summed E-state index contributed by atoms with van der Waals surface area (Å²) in [4.78, 5) is 43.7. The zero-order valence-electron chi connectivity index (χ0n) is 12.6. The highest BCUT2D eigenvalue weighted by atomic mass is 16.2. The summed E-state index contributed by atoms with van der Waals surface area (Å²) in [6, 6.07) is 2.83. The monoisotopic (exact) mass is 302 g/mol. The van der Waals surface area contributed by atoms with Gasteiger partial charge in [-0.2, -0.15) is 0 Å². The molecule has 1 unspecified atom stereocenters. The third-order valence-electron chi connectivity index (χ3n) is 3.93. The molecule has 1 aliphatic heterocycles. The molecule has 1 saturated carbocycles. The largest absolute Gasteiger partial charge is 0.378 e. The zero-order valence-corrected chi connectivity index (χ0v) is 12.6. The number of hydrogen-bond acceptors (Lipinski definition) is 5. The summed E-state index contributed by atoms with van der Waals surface area (Å²) in [7, 11) is 3.76. The Hall–Kier alpha value is -2.44. The number of rotatable bonds is 4. The van der Waals surface area contributed by atoms with E-state index in [2.05, 4.69) is 10.3 Å². The molecule has 3 rings (SSSR count). The Kier molecular flexibility index (Phi) is 3.56. The molecule has 7 heteroatoms. The summed E-state index contributed by atoms with van der Waals surface area (Å²) < 4.78 is 0. The van der Waals surface area contributed by atoms with E-state index in [0.29, 0.717) is 5.69 Å². The summed E-state index contributed by atoms with van der Waals surface area (Å²) in [6.45, 7) is 0. The van der Waals surface area contributed by atoms with Gasteiger partial charge in [0.2, 0.25) is 11.8 Å². The van der Waals surface area contributed by atoms with Crippen LogP contribution in [-0.4, -0.2) is 53.8 Å². The number of anilines is 1. The van der Waals surface area contributed by atoms with Gasteiger partial charge in [-0.05, 0) is 25.0 Å². The molecule has 22 heavy (non-hydrogen) atoms. The molecule has 1 N–H and O–H groups in total. The maximum absolute atomic E-state index is 12.8. The van der Waals surface area contributed by atoms with Crippen LogP contribution in [0.15, 0.2) is 18.3 Å². The lowest BCUT2D eigenvalue weighted by Gasteiger charge is -2.26. The zero-order chi connectivity index (χ0) is 15.9. The van der Waals surface area contributed by atoms with Crippen LogP contribution in [0.25, 0.3) is 0 Å². The number of nitrogens with zero attached hydrogens (tertiary/aromatic N) is 3. The Morgan fingerprint density at radius 1 is 1.32 bits per heavy atom. The second-order valence-corrected chi connectivity index (χ2v) is 5.87. The number of nitrogens with one attached hydrogen (secondary N) is 1. The fourth-order valence-electron chi connectivity index (χ4n) is 2.63. The van der Waals surface area contributed by atoms with Gasteiger partial charge >= 0.3 is 0 Å². The van der Waals surface area contributed by atoms with Crippen molar-refractivity contribution in [2.75, 3.05) is 19.0 Å². The Morgan fingerprint density at radius 2 is 2.05 bits per heavy atom. The van der Waals surface area contributed by atoms with Gasteiger partial charge in [-0.25, -0.2) is 0 Å². The van der Waals surface area contributed by atoms with Crippen molar-refractivity contribution in [1.82, 2.24) is 15.2 Å². The number of aromatic nitrogens is 1. The van der Waals surface area contributed by atoms with Crippen LogP contribution in [0.3, 0.4) is 0 Å². The molecule has 0 bridgehead atoms. The smallest absolute Gasteiger partial charge is 0.273 e. The van der Waals surface area contributed by atoms with E-state index in [1.807, 2.05) is 25.1 Å². The number of pyridine rings is 1. The summed E-state index contributed by atoms with van der Waals surface area (Å²) >= 11 is 0. The molecule has 1 aromatic heterocycles. The average molecular weight is 302 g/mol. The quantitative estimate of drug-likeness (QED) is 0.802. The van der Waals surface area contributed by atoms with E-state index in [1.165, 1.54) is 4.90 Å². The highest BCUT2D eigenvalue weighted by molar-refractivity contribution is 6.08. The van der Waals surface area contributed by atoms with Crippen molar-refractivity contribution in [3.05, 3.63) is 24.0 Å². The lowest BCUT2D eigenvalue weighted by atomic mass is 10.1. The topological polar surface area (TPSA) is 82.6 Å². The number of amides is 3. The van der Waals surface area contributed by atoms with Gasteiger partial charge in [0.25, 0.3) is 5.91 Å². The SMILES string of the molecule is CN(C)c1ccnc(C(=O)N(C2CC2)C2CC(=O)NC2=O)c1. The highest BCUT2D eigenvalue weighted by Gasteiger charge is 2.45. The lowest BCUT2D eigenvalue weighted by molar-refractivity contribution is -0.126. The van der Waals surface area contributed by atoms with Gasteiger partial charge in [-0.15, -0.1) is 0 Å². The van der Waals surface area contributed by atoms with Crippen LogP contribution in [0.2, 0.25) is 0 Å². The second kappa shape index (κ2) is 5.40. The first-order chi connectivity index (χ1) is 10.5. The Balaban J connectivity index is 1.89. The summed E-state index contributed by atoms with van der Waals surface area (Å²) in [5, 5.41) is 2.27. The van der Waals surface area contributed by atoms with E-state index in [4.69, 9.17) is 0 Å². The molecule has 2 heterocycles. The minimum Gasteiger partial charge on any atom is -0.378 e. The summed E-state index contributed by atoms with van der Waals surface area (Å²) in [6.07, 6.45) is 3.33. The number of hydrogen-bond donors (Lipinski definition) is 1. The Labute approximate surface area is 128 Å². The van der Waals surface area contributed by atoms with Gasteiger partial charge in [-0.1, -0.05) is 0 Å². The lowest BCUT2D eigenvalue weighted by Crippen LogP contribution is -2.46. The molecule has 3 amide bonds. The normalized spacial score (nSPS) is 20.7. The van der Waals surface area contributed by atoms with Crippen LogP contribution in [-0.2, 0) is 9.59 Å². The summed E-state index contributed by atoms with van der Waals surface area (Å²) in [5.41, 5.74) is 1.16. The first kappa shape index (κ1) is 14.5. The second-order valence-electron chi connectivity index (χ2n) is 5.87. The van der Waals surface area contributed by atoms with E-state index in [0.717, 1.165) is 18.5 Å². The van der Waals surface area contributed by atoms with Crippen molar-refractivity contribution in [3.8, 4) is 0 Å². The molecule has 2 aliphatic rings. The molecule has 1 aliphatic carbocycles. The van der Waals surface area contributed by atoms with Crippen molar-refractivity contribution in [2.45, 2.75) is 31.3 Å². The van der Waals surface area contributed by atoms with Crippen LogP contribution >= 0.6 is 0 Å². The molecule has 0 radical (unpaired) electrons. The maximum atomic E-state index is 12.8. The van der Waals surface area contributed by atoms with Crippen LogP contribution in [0.5, 0.6) is 0 Å². The van der Waals surface area contributed by atoms with Gasteiger partial charge < -0.3 is 9.80 Å². The molecule has 0 spiro atoms. The highest BCUT2D eigenvalue weighted by Crippen LogP contribution is 2.32. The third-order valence-corrected chi connectivity index (χ3v) is 3.93. The molecule has 2 fully saturated rings. The predicted octanol–water partition coefficient (Wildman–Crippen LogP) is 0.167. The molecule has 7 nitrogen and oxygen atoms in total. The van der Waals surface area contributed by atoms with E-state index in [1.54, 1.807) is 12.3 Å². The predicted molar refractivity (Wildman–Crippen MR) is 79.3 cm³/mol. The fourth-order valence-corrected chi connectivity index (χ4v) is 2.63. The third kappa shape index (κ3) is 2.66. The standard InChI is InChI=1S/C15H18N4O3/c1-18(2)10-5-6-16-11(7-10)15(22)19(9-3-4-9)12-8-13(20)17-14(12)21/h5-7,9,12H,3-4,8H2,1-2H3,(H,17,20,21). The van der Waals surface area contributed by atoms with Crippen molar-refractivity contribution < 1.29 is 14.4 Å². The fraction of sp³-hybridized carbons (Fsp3) is 0.467. The van der Waals surface area contributed by atoms with E-state index >= 15 is 0 Å². The summed E-state index contributed by atoms with van der Waals surface area (Å²) in [5.74, 6) is -1.02. The first-order valence-electron chi connectivity index (χ1n) is 7.27. The molecule has 1 aromatic rings. The van der Waals surface area contributed by atoms with Crippen molar-refractivity contribution in [3.63, 3.8) is 0 Å². The molecular formula is C15H18N4O3.